The summed E-state index contributed by atoms with van der Waals surface area (Å²) < 4.78 is 0. The Hall–Kier alpha value is -1.16. The molecular formula is C13H20N2OS. The van der Waals surface area contributed by atoms with Crippen LogP contribution in [0.4, 0.5) is 5.69 Å². The SMILES string of the molecule is CCC(CC)NC(=O)CSc1ccc(N)cc1. The van der Waals surface area contributed by atoms with Crippen LogP contribution in [0.5, 0.6) is 0 Å². The average Bonchev–Trinajstić information content (AvgIpc) is 2.35. The van der Waals surface area contributed by atoms with E-state index in [-0.39, 0.29) is 5.91 Å². The minimum atomic E-state index is 0.0977. The highest BCUT2D eigenvalue weighted by molar-refractivity contribution is 8.00. The van der Waals surface area contributed by atoms with Gasteiger partial charge in [0, 0.05) is 16.6 Å². The molecule has 0 atom stereocenters. The second kappa shape index (κ2) is 7.22. The molecule has 94 valence electrons. The van der Waals surface area contributed by atoms with E-state index in [4.69, 9.17) is 5.73 Å². The van der Waals surface area contributed by atoms with Crippen molar-refractivity contribution in [2.45, 2.75) is 37.6 Å². The first-order valence-corrected chi connectivity index (χ1v) is 6.92. The van der Waals surface area contributed by atoms with Crippen LogP contribution >= 0.6 is 11.8 Å². The number of carbonyl (C=O) groups is 1. The Morgan fingerprint density at radius 3 is 2.41 bits per heavy atom. The highest BCUT2D eigenvalue weighted by atomic mass is 32.2. The third kappa shape index (κ3) is 5.13. The zero-order chi connectivity index (χ0) is 12.7. The van der Waals surface area contributed by atoms with Gasteiger partial charge in [0.05, 0.1) is 5.75 Å². The van der Waals surface area contributed by atoms with Gasteiger partial charge in [-0.05, 0) is 37.1 Å². The molecule has 17 heavy (non-hydrogen) atoms. The van der Waals surface area contributed by atoms with Gasteiger partial charge in [-0.15, -0.1) is 11.8 Å². The quantitative estimate of drug-likeness (QED) is 0.604. The van der Waals surface area contributed by atoms with Gasteiger partial charge in [-0.2, -0.15) is 0 Å². The molecule has 3 N–H and O–H groups in total. The van der Waals surface area contributed by atoms with Gasteiger partial charge in [0.1, 0.15) is 0 Å². The van der Waals surface area contributed by atoms with E-state index in [2.05, 4.69) is 19.2 Å². The van der Waals surface area contributed by atoms with Crippen LogP contribution in [0.25, 0.3) is 0 Å². The number of amides is 1. The van der Waals surface area contributed by atoms with Crippen molar-refractivity contribution in [1.82, 2.24) is 5.32 Å². The van der Waals surface area contributed by atoms with E-state index in [1.807, 2.05) is 24.3 Å². The van der Waals surface area contributed by atoms with Gasteiger partial charge in [0.25, 0.3) is 0 Å². The molecule has 0 radical (unpaired) electrons. The number of thioether (sulfide) groups is 1. The molecule has 0 saturated heterocycles. The van der Waals surface area contributed by atoms with E-state index >= 15 is 0 Å². The lowest BCUT2D eigenvalue weighted by molar-refractivity contribution is -0.119. The number of nitrogen functional groups attached to an aromatic ring is 1. The summed E-state index contributed by atoms with van der Waals surface area (Å²) in [5.74, 6) is 0.556. The molecule has 0 bridgehead atoms. The number of carbonyl (C=O) groups excluding carboxylic acids is 1. The topological polar surface area (TPSA) is 55.1 Å². The minimum absolute atomic E-state index is 0.0977. The summed E-state index contributed by atoms with van der Waals surface area (Å²) in [6.07, 6.45) is 1.96. The maximum atomic E-state index is 11.7. The molecule has 3 nitrogen and oxygen atoms in total. The molecule has 0 aliphatic heterocycles. The summed E-state index contributed by atoms with van der Waals surface area (Å²) in [7, 11) is 0. The van der Waals surface area contributed by atoms with E-state index in [1.165, 1.54) is 11.8 Å². The van der Waals surface area contributed by atoms with Crippen LogP contribution in [-0.4, -0.2) is 17.7 Å². The van der Waals surface area contributed by atoms with Crippen LogP contribution in [0.15, 0.2) is 29.2 Å². The Bertz CT molecular complexity index is 347. The van der Waals surface area contributed by atoms with Gasteiger partial charge in [-0.3, -0.25) is 4.79 Å². The molecule has 1 aromatic carbocycles. The van der Waals surface area contributed by atoms with Crippen LogP contribution < -0.4 is 11.1 Å². The van der Waals surface area contributed by atoms with E-state index in [9.17, 15) is 4.79 Å². The smallest absolute Gasteiger partial charge is 0.230 e. The lowest BCUT2D eigenvalue weighted by atomic mass is 10.2. The fourth-order valence-corrected chi connectivity index (χ4v) is 2.18. The monoisotopic (exact) mass is 252 g/mol. The van der Waals surface area contributed by atoms with E-state index in [0.717, 1.165) is 23.4 Å². The minimum Gasteiger partial charge on any atom is -0.399 e. The van der Waals surface area contributed by atoms with Crippen molar-refractivity contribution >= 4 is 23.4 Å². The van der Waals surface area contributed by atoms with Gasteiger partial charge in [-0.1, -0.05) is 13.8 Å². The number of anilines is 1. The number of hydrogen-bond acceptors (Lipinski definition) is 3. The standard InChI is InChI=1S/C13H20N2OS/c1-3-11(4-2)15-13(16)9-17-12-7-5-10(14)6-8-12/h5-8,11H,3-4,9,14H2,1-2H3,(H,15,16). The van der Waals surface area contributed by atoms with Crippen LogP contribution in [0, 0.1) is 0 Å². The Morgan fingerprint density at radius 1 is 1.29 bits per heavy atom. The molecule has 0 heterocycles. The highest BCUT2D eigenvalue weighted by Crippen LogP contribution is 2.18. The molecule has 0 aromatic heterocycles. The Kier molecular flexibility index (Phi) is 5.91. The largest absolute Gasteiger partial charge is 0.399 e. The lowest BCUT2D eigenvalue weighted by Gasteiger charge is -2.14. The Labute approximate surface area is 107 Å². The molecular weight excluding hydrogens is 232 g/mol. The Morgan fingerprint density at radius 2 is 1.88 bits per heavy atom. The van der Waals surface area contributed by atoms with Crippen molar-refractivity contribution in [2.24, 2.45) is 0 Å². The van der Waals surface area contributed by atoms with Gasteiger partial charge in [0.2, 0.25) is 5.91 Å². The third-order valence-corrected chi connectivity index (χ3v) is 3.61. The molecule has 0 spiro atoms. The van der Waals surface area contributed by atoms with Crippen molar-refractivity contribution in [2.75, 3.05) is 11.5 Å². The zero-order valence-corrected chi connectivity index (χ0v) is 11.2. The predicted molar refractivity (Wildman–Crippen MR) is 74.1 cm³/mol. The third-order valence-electron chi connectivity index (χ3n) is 2.60. The van der Waals surface area contributed by atoms with Crippen LogP contribution in [-0.2, 0) is 4.79 Å². The summed E-state index contributed by atoms with van der Waals surface area (Å²) in [6, 6.07) is 7.87. The molecule has 1 aromatic rings. The summed E-state index contributed by atoms with van der Waals surface area (Å²) in [6.45, 7) is 4.17. The summed E-state index contributed by atoms with van der Waals surface area (Å²) >= 11 is 1.53. The summed E-state index contributed by atoms with van der Waals surface area (Å²) in [4.78, 5) is 12.7. The summed E-state index contributed by atoms with van der Waals surface area (Å²) in [5, 5.41) is 3.01. The molecule has 1 amide bonds. The van der Waals surface area contributed by atoms with Gasteiger partial charge in [-0.25, -0.2) is 0 Å². The number of nitrogens with one attached hydrogen (secondary N) is 1. The molecule has 0 unspecified atom stereocenters. The normalized spacial score (nSPS) is 10.5. The maximum Gasteiger partial charge on any atom is 0.230 e. The second-order valence-corrected chi connectivity index (χ2v) is 4.99. The second-order valence-electron chi connectivity index (χ2n) is 3.94. The fourth-order valence-electron chi connectivity index (χ4n) is 1.48. The zero-order valence-electron chi connectivity index (χ0n) is 10.4. The van der Waals surface area contributed by atoms with Gasteiger partial charge in [0.15, 0.2) is 0 Å². The van der Waals surface area contributed by atoms with E-state index in [0.29, 0.717) is 11.8 Å². The number of rotatable bonds is 6. The molecule has 0 aliphatic rings. The predicted octanol–water partition coefficient (Wildman–Crippen LogP) is 2.67. The molecule has 4 heteroatoms. The number of hydrogen-bond donors (Lipinski definition) is 2. The summed E-state index contributed by atoms with van der Waals surface area (Å²) in [5.41, 5.74) is 6.34. The van der Waals surface area contributed by atoms with Crippen LogP contribution in [0.1, 0.15) is 26.7 Å². The first kappa shape index (κ1) is 13.9. The number of nitrogens with two attached hydrogens (primary N) is 1. The van der Waals surface area contributed by atoms with Gasteiger partial charge < -0.3 is 11.1 Å². The van der Waals surface area contributed by atoms with Crippen molar-refractivity contribution in [1.29, 1.82) is 0 Å². The van der Waals surface area contributed by atoms with E-state index in [1.54, 1.807) is 0 Å². The highest BCUT2D eigenvalue weighted by Gasteiger charge is 2.08. The van der Waals surface area contributed by atoms with Crippen molar-refractivity contribution in [3.63, 3.8) is 0 Å². The van der Waals surface area contributed by atoms with E-state index < -0.39 is 0 Å². The fraction of sp³-hybridized carbons (Fsp3) is 0.462. The van der Waals surface area contributed by atoms with Crippen molar-refractivity contribution in [3.05, 3.63) is 24.3 Å². The molecule has 0 saturated carbocycles. The first-order valence-electron chi connectivity index (χ1n) is 5.93. The lowest BCUT2D eigenvalue weighted by Crippen LogP contribution is -2.34. The Balaban J connectivity index is 2.35. The molecule has 0 aliphatic carbocycles. The molecule has 0 fully saturated rings. The van der Waals surface area contributed by atoms with Crippen molar-refractivity contribution in [3.8, 4) is 0 Å². The van der Waals surface area contributed by atoms with Crippen LogP contribution in [0.2, 0.25) is 0 Å². The van der Waals surface area contributed by atoms with Crippen LogP contribution in [0.3, 0.4) is 0 Å². The first-order chi connectivity index (χ1) is 8.15. The van der Waals surface area contributed by atoms with Gasteiger partial charge >= 0.3 is 0 Å². The van der Waals surface area contributed by atoms with Crippen molar-refractivity contribution < 1.29 is 4.79 Å². The maximum absolute atomic E-state index is 11.7. The number of benzene rings is 1. The molecule has 1 rings (SSSR count). The average molecular weight is 252 g/mol.